The highest BCUT2D eigenvalue weighted by molar-refractivity contribution is 6.13. The summed E-state index contributed by atoms with van der Waals surface area (Å²) in [7, 11) is 4.67. The highest BCUT2D eigenvalue weighted by Gasteiger charge is 2.43. The predicted molar refractivity (Wildman–Crippen MR) is 424 cm³/mol. The van der Waals surface area contributed by atoms with E-state index in [2.05, 4.69) is 32.7 Å². The van der Waals surface area contributed by atoms with Gasteiger partial charge in [0.2, 0.25) is 23.6 Å². The Hall–Kier alpha value is -10.0. The van der Waals surface area contributed by atoms with Crippen molar-refractivity contribution in [1.29, 1.82) is 0 Å². The van der Waals surface area contributed by atoms with Gasteiger partial charge >= 0.3 is 6.09 Å². The molecule has 1 fully saturated rings. The average molecular weight is 1590 g/mol. The van der Waals surface area contributed by atoms with Gasteiger partial charge in [0.1, 0.15) is 18.7 Å². The SMILES string of the molecule is C/C=C1\CN2C(=O)c3cc(OC)c(OCCCOc4cc(/N=C\C5Cc6ccc(N(C)C(=O)OCc7ccc(NC(=O)[C@H](C)NC(=O)[C@@H](NC(=O)CCOCCOCCOCCOCCOCCOCCOCCOCCCNC(=O)CCN8C(=O)C=CC8=O)C(C)C)cc7)cc6CN5)c(C(C)=O)cc4OC)cc3N=C[C@]2(C)C1. The molecular formula is C82H110N10O22. The van der Waals surface area contributed by atoms with E-state index in [0.717, 1.165) is 22.4 Å². The Morgan fingerprint density at radius 3 is 1.84 bits per heavy atom. The zero-order valence-electron chi connectivity index (χ0n) is 66.8. The summed E-state index contributed by atoms with van der Waals surface area (Å²) < 4.78 is 73.5. The van der Waals surface area contributed by atoms with Crippen molar-refractivity contribution in [3.8, 4) is 23.0 Å². The minimum Gasteiger partial charge on any atom is -0.493 e. The third-order valence-corrected chi connectivity index (χ3v) is 18.8. The second kappa shape index (κ2) is 47.0. The Labute approximate surface area is 665 Å². The molecule has 1 saturated heterocycles. The van der Waals surface area contributed by atoms with Gasteiger partial charge in [-0.25, -0.2) is 4.79 Å². The van der Waals surface area contributed by atoms with Gasteiger partial charge in [0.05, 0.1) is 149 Å². The number of hydrogen-bond acceptors (Lipinski definition) is 25. The van der Waals surface area contributed by atoms with Crippen LogP contribution in [0, 0.1) is 5.92 Å². The summed E-state index contributed by atoms with van der Waals surface area (Å²) in [6.07, 6.45) is 9.92. The number of aliphatic imine (C=N–C) groups is 2. The molecule has 4 atom stereocenters. The summed E-state index contributed by atoms with van der Waals surface area (Å²) in [5, 5.41) is 14.5. The first-order valence-electron chi connectivity index (χ1n) is 38.5. The number of rotatable bonds is 51. The number of allylic oxidation sites excluding steroid dienone is 1. The van der Waals surface area contributed by atoms with Crippen LogP contribution in [-0.2, 0) is 91.0 Å². The van der Waals surface area contributed by atoms with Gasteiger partial charge in [0, 0.05) is 119 Å². The number of amides is 8. The van der Waals surface area contributed by atoms with E-state index in [1.807, 2.05) is 43.2 Å². The molecule has 4 aliphatic heterocycles. The maximum absolute atomic E-state index is 13.8. The molecule has 620 valence electrons. The number of imide groups is 1. The van der Waals surface area contributed by atoms with E-state index in [0.29, 0.717) is 194 Å². The molecule has 4 heterocycles. The van der Waals surface area contributed by atoms with E-state index in [1.54, 1.807) is 82.6 Å². The number of carbonyl (C=O) groups excluding carboxylic acids is 9. The maximum Gasteiger partial charge on any atom is 0.414 e. The van der Waals surface area contributed by atoms with Gasteiger partial charge in [-0.05, 0) is 106 Å². The summed E-state index contributed by atoms with van der Waals surface area (Å²) in [6.45, 7) is 18.4. The van der Waals surface area contributed by atoms with Crippen LogP contribution in [0.25, 0.3) is 0 Å². The van der Waals surface area contributed by atoms with E-state index >= 15 is 0 Å². The number of fused-ring (bicyclic) bond motifs is 3. The quantitative estimate of drug-likeness (QED) is 0.00963. The summed E-state index contributed by atoms with van der Waals surface area (Å²) in [5.41, 5.74) is 6.20. The topological polar surface area (TPSA) is 368 Å². The van der Waals surface area contributed by atoms with Crippen LogP contribution in [0.15, 0.2) is 101 Å². The Morgan fingerprint density at radius 1 is 0.667 bits per heavy atom. The van der Waals surface area contributed by atoms with Crippen LogP contribution < -0.4 is 50.4 Å². The third-order valence-electron chi connectivity index (χ3n) is 18.8. The van der Waals surface area contributed by atoms with Crippen molar-refractivity contribution in [3.63, 3.8) is 0 Å². The minimum atomic E-state index is -0.954. The lowest BCUT2D eigenvalue weighted by Crippen LogP contribution is -2.53. The first kappa shape index (κ1) is 89.5. The minimum absolute atomic E-state index is 0.00664. The number of anilines is 2. The Balaban J connectivity index is 0.625. The number of methoxy groups -OCH3 is 2. The van der Waals surface area contributed by atoms with Gasteiger partial charge in [0.25, 0.3) is 17.7 Å². The van der Waals surface area contributed by atoms with Crippen LogP contribution >= 0.6 is 0 Å². The second-order valence-electron chi connectivity index (χ2n) is 27.8. The first-order chi connectivity index (χ1) is 55.1. The second-order valence-corrected chi connectivity index (χ2v) is 27.8. The standard InChI is InChI=1S/C82H110N10O22/c1-10-58-49-82(6)54-86-68-48-72(70(103-9)46-66(68)80(100)92(82)52-58)113-27-12-26-112-71-47-67(65(57(5)93)45-69(71)102-8)85-51-63-43-60-15-18-64(44-61(60)50-84-63)90(7)81(101)114-53-59-13-16-62(17-14-59)88-78(98)56(4)87-79(99)77(55(2)3)89-74(95)22-28-105-30-32-107-34-36-109-38-40-111-42-41-110-39-37-108-35-33-106-31-29-104-25-11-23-83-73(94)21-24-91-75(96)19-20-76(91)97/h10,13-20,44-48,51,54-56,63,77,84H,11-12,21-43,49-50,52-53H2,1-9H3,(H,83,94)(H,87,99)(H,88,98)(H,89,95)/b58-10-,85-51-/t56-,63?,77-,82-/m0/s1. The zero-order valence-corrected chi connectivity index (χ0v) is 66.8. The van der Waals surface area contributed by atoms with Crippen molar-refractivity contribution >= 4 is 88.4 Å². The molecule has 0 aliphatic carbocycles. The van der Waals surface area contributed by atoms with E-state index in [-0.39, 0.29) is 87.9 Å². The van der Waals surface area contributed by atoms with Crippen molar-refractivity contribution in [3.05, 3.63) is 118 Å². The molecule has 0 radical (unpaired) electrons. The van der Waals surface area contributed by atoms with Crippen molar-refractivity contribution in [2.75, 3.05) is 170 Å². The number of ether oxygens (including phenoxy) is 13. The highest BCUT2D eigenvalue weighted by Crippen LogP contribution is 2.42. The zero-order chi connectivity index (χ0) is 81.8. The molecule has 8 amide bonds. The number of nitrogens with zero attached hydrogens (tertiary/aromatic N) is 5. The van der Waals surface area contributed by atoms with Gasteiger partial charge in [0.15, 0.2) is 28.8 Å². The van der Waals surface area contributed by atoms with Gasteiger partial charge in [-0.2, -0.15) is 0 Å². The molecule has 4 aliphatic rings. The lowest BCUT2D eigenvalue weighted by molar-refractivity contribution is -0.137. The molecular weight excluding hydrogens is 1480 g/mol. The van der Waals surface area contributed by atoms with E-state index in [4.69, 9.17) is 71.6 Å². The lowest BCUT2D eigenvalue weighted by atomic mass is 9.95. The van der Waals surface area contributed by atoms with Gasteiger partial charge < -0.3 is 93.1 Å². The summed E-state index contributed by atoms with van der Waals surface area (Å²) >= 11 is 0. The smallest absolute Gasteiger partial charge is 0.414 e. The average Bonchev–Trinajstić information content (AvgIpc) is 1.60. The summed E-state index contributed by atoms with van der Waals surface area (Å²) in [5.74, 6) is -1.39. The first-order valence-corrected chi connectivity index (χ1v) is 38.5. The van der Waals surface area contributed by atoms with E-state index < -0.39 is 47.3 Å². The van der Waals surface area contributed by atoms with Gasteiger partial charge in [-0.15, -0.1) is 0 Å². The number of hydrogen-bond donors (Lipinski definition) is 5. The molecule has 0 saturated carbocycles. The maximum atomic E-state index is 13.8. The third kappa shape index (κ3) is 28.2. The molecule has 0 bridgehead atoms. The molecule has 4 aromatic carbocycles. The Morgan fingerprint density at radius 2 is 1.25 bits per heavy atom. The Kier molecular flexibility index (Phi) is 36.9. The molecule has 4 aromatic rings. The van der Waals surface area contributed by atoms with Gasteiger partial charge in [-0.3, -0.25) is 58.1 Å². The van der Waals surface area contributed by atoms with Crippen LogP contribution in [0.4, 0.5) is 27.5 Å². The normalized spacial score (nSPS) is 16.5. The fraction of sp³-hybridized carbons (Fsp3) is 0.524. The predicted octanol–water partition coefficient (Wildman–Crippen LogP) is 7.14. The van der Waals surface area contributed by atoms with Crippen LogP contribution in [0.1, 0.15) is 111 Å². The fourth-order valence-electron chi connectivity index (χ4n) is 12.3. The van der Waals surface area contributed by atoms with Crippen molar-refractivity contribution in [2.24, 2.45) is 15.9 Å². The largest absolute Gasteiger partial charge is 0.493 e. The van der Waals surface area contributed by atoms with Crippen LogP contribution in [0.5, 0.6) is 23.0 Å². The van der Waals surface area contributed by atoms with Crippen LogP contribution in [0.3, 0.4) is 0 Å². The van der Waals surface area contributed by atoms with Crippen LogP contribution in [0.2, 0.25) is 0 Å². The number of ketones is 1. The van der Waals surface area contributed by atoms with Gasteiger partial charge in [-0.1, -0.05) is 43.7 Å². The number of nitrogens with one attached hydrogen (secondary N) is 5. The van der Waals surface area contributed by atoms with Crippen molar-refractivity contribution < 1.29 is 105 Å². The number of carbonyl (C=O) groups is 9. The molecule has 32 heteroatoms. The van der Waals surface area contributed by atoms with Crippen molar-refractivity contribution in [2.45, 2.75) is 117 Å². The number of benzene rings is 4. The number of Topliss-reactive ketones (excluding diaryl/α,β-unsaturated/α-hetero) is 1. The Bertz CT molecular complexity index is 4000. The molecule has 5 N–H and O–H groups in total. The summed E-state index contributed by atoms with van der Waals surface area (Å²) in [6, 6.07) is 17.2. The highest BCUT2D eigenvalue weighted by atomic mass is 16.6. The van der Waals surface area contributed by atoms with Crippen molar-refractivity contribution in [1.82, 2.24) is 31.1 Å². The molecule has 0 spiro atoms. The van der Waals surface area contributed by atoms with E-state index in [9.17, 15) is 43.2 Å². The molecule has 0 aromatic heterocycles. The van der Waals surface area contributed by atoms with Crippen LogP contribution in [-0.4, -0.2) is 259 Å². The molecule has 8 rings (SSSR count). The monoisotopic (exact) mass is 1590 g/mol. The molecule has 32 nitrogen and oxygen atoms in total. The lowest BCUT2D eigenvalue weighted by Gasteiger charge is -2.29. The summed E-state index contributed by atoms with van der Waals surface area (Å²) in [4.78, 5) is 128. The fourth-order valence-corrected chi connectivity index (χ4v) is 12.3. The van der Waals surface area contributed by atoms with E-state index in [1.165, 1.54) is 43.8 Å². The molecule has 1 unspecified atom stereocenters. The molecule has 114 heavy (non-hydrogen) atoms.